The fraction of sp³-hybridized carbons (Fsp3) is 0.667. The molecule has 0 aliphatic carbocycles. The highest BCUT2D eigenvalue weighted by molar-refractivity contribution is 6.76. The van der Waals surface area contributed by atoms with Gasteiger partial charge in [0.1, 0.15) is 0 Å². The lowest BCUT2D eigenvalue weighted by molar-refractivity contribution is 0.472. The molecule has 0 atom stereocenters. The van der Waals surface area contributed by atoms with Gasteiger partial charge in [0.15, 0.2) is 0 Å². The Morgan fingerprint density at radius 2 is 1.88 bits per heavy atom. The third-order valence-electron chi connectivity index (χ3n) is 0.836. The van der Waals surface area contributed by atoms with Crippen LogP contribution in [-0.4, -0.2) is 13.2 Å². The molecular weight excluding hydrogens is 116 g/mol. The molecule has 48 valence electrons. The van der Waals surface area contributed by atoms with Crippen molar-refractivity contribution in [1.82, 2.24) is 0 Å². The Hall–Kier alpha value is -0.243. The predicted molar refractivity (Wildman–Crippen MR) is 39.9 cm³/mol. The normalized spacial score (nSPS) is 12.9. The van der Waals surface area contributed by atoms with Gasteiger partial charge in [-0.3, -0.25) is 0 Å². The second-order valence-corrected chi connectivity index (χ2v) is 8.68. The van der Waals surface area contributed by atoms with Gasteiger partial charge < -0.3 is 5.11 Å². The first kappa shape index (κ1) is 7.76. The fourth-order valence-corrected chi connectivity index (χ4v) is 1.22. The number of aliphatic hydroxyl groups is 1. The van der Waals surface area contributed by atoms with E-state index in [-0.39, 0.29) is 0 Å². The van der Waals surface area contributed by atoms with Crippen molar-refractivity contribution in [3.63, 3.8) is 0 Å². The van der Waals surface area contributed by atoms with Gasteiger partial charge >= 0.3 is 0 Å². The van der Waals surface area contributed by atoms with Crippen molar-refractivity contribution in [3.05, 3.63) is 12.3 Å². The molecule has 0 aliphatic rings. The first-order valence-corrected chi connectivity index (χ1v) is 6.56. The van der Waals surface area contributed by atoms with Crippen molar-refractivity contribution >= 4 is 8.07 Å². The molecule has 0 unspecified atom stereocenters. The Balaban J connectivity index is 3.39. The van der Waals surface area contributed by atoms with Gasteiger partial charge in [0.2, 0.25) is 0 Å². The van der Waals surface area contributed by atoms with Gasteiger partial charge in [-0.1, -0.05) is 25.7 Å². The molecule has 0 aromatic carbocycles. The van der Waals surface area contributed by atoms with Gasteiger partial charge in [0, 0.05) is 8.07 Å². The molecule has 0 bridgehead atoms. The minimum atomic E-state index is -0.925. The van der Waals surface area contributed by atoms with Crippen molar-refractivity contribution in [3.8, 4) is 0 Å². The molecule has 0 spiro atoms. The summed E-state index contributed by atoms with van der Waals surface area (Å²) in [7, 11) is -0.925. The minimum absolute atomic E-state index is 0.925. The smallest absolute Gasteiger partial charge is 0.0748 e. The van der Waals surface area contributed by atoms with Crippen LogP contribution in [0.1, 0.15) is 0 Å². The molecule has 0 fully saturated rings. The van der Waals surface area contributed by atoms with E-state index in [1.54, 1.807) is 0 Å². The molecule has 0 aliphatic heterocycles. The van der Waals surface area contributed by atoms with Gasteiger partial charge in [-0.15, -0.1) is 0 Å². The summed E-state index contributed by atoms with van der Waals surface area (Å²) in [6.45, 7) is 6.81. The first-order valence-electron chi connectivity index (χ1n) is 2.85. The maximum Gasteiger partial charge on any atom is 0.0748 e. The summed E-state index contributed by atoms with van der Waals surface area (Å²) < 4.78 is 0. The van der Waals surface area contributed by atoms with Crippen LogP contribution < -0.4 is 0 Å². The Morgan fingerprint density at radius 1 is 1.38 bits per heavy atom. The standard InChI is InChI=1S/C6H14OSi/c1-8(2,3)6-4-5-7/h4-5,7H,6H2,1-3H3/b5-4-. The van der Waals surface area contributed by atoms with Crippen LogP contribution in [0.4, 0.5) is 0 Å². The quantitative estimate of drug-likeness (QED) is 0.449. The lowest BCUT2D eigenvalue weighted by Crippen LogP contribution is -2.17. The average Bonchev–Trinajstić information content (AvgIpc) is 1.59. The van der Waals surface area contributed by atoms with Gasteiger partial charge in [-0.25, -0.2) is 0 Å². The van der Waals surface area contributed by atoms with Gasteiger partial charge in [-0.05, 0) is 6.04 Å². The number of hydrogen-bond acceptors (Lipinski definition) is 1. The Bertz CT molecular complexity index is 81.0. The van der Waals surface area contributed by atoms with Crippen LogP contribution in [0.5, 0.6) is 0 Å². The van der Waals surface area contributed by atoms with E-state index in [9.17, 15) is 0 Å². The Morgan fingerprint density at radius 3 is 2.00 bits per heavy atom. The maximum atomic E-state index is 8.27. The van der Waals surface area contributed by atoms with Crippen molar-refractivity contribution in [2.45, 2.75) is 25.7 Å². The van der Waals surface area contributed by atoms with Crippen LogP contribution >= 0.6 is 0 Å². The van der Waals surface area contributed by atoms with Crippen LogP contribution in [0.3, 0.4) is 0 Å². The molecule has 1 N–H and O–H groups in total. The average molecular weight is 130 g/mol. The van der Waals surface area contributed by atoms with Crippen molar-refractivity contribution in [1.29, 1.82) is 0 Å². The van der Waals surface area contributed by atoms with Gasteiger partial charge in [-0.2, -0.15) is 0 Å². The summed E-state index contributed by atoms with van der Waals surface area (Å²) >= 11 is 0. The number of allylic oxidation sites excluding steroid dienone is 1. The molecular formula is C6H14OSi. The predicted octanol–water partition coefficient (Wildman–Crippen LogP) is 2.40. The van der Waals surface area contributed by atoms with Crippen LogP contribution in [0.2, 0.25) is 25.7 Å². The largest absolute Gasteiger partial charge is 0.516 e. The van der Waals surface area contributed by atoms with E-state index in [0.717, 1.165) is 12.3 Å². The fourth-order valence-electron chi connectivity index (χ4n) is 0.406. The van der Waals surface area contributed by atoms with Gasteiger partial charge in [0.05, 0.1) is 6.26 Å². The number of rotatable bonds is 2. The summed E-state index contributed by atoms with van der Waals surface area (Å²) in [4.78, 5) is 0. The molecule has 0 heterocycles. The zero-order chi connectivity index (χ0) is 6.62. The lowest BCUT2D eigenvalue weighted by atomic mass is 10.7. The molecule has 0 aromatic heterocycles. The molecule has 2 heteroatoms. The first-order chi connectivity index (χ1) is 3.56. The Kier molecular flexibility index (Phi) is 2.83. The zero-order valence-electron chi connectivity index (χ0n) is 5.81. The lowest BCUT2D eigenvalue weighted by Gasteiger charge is -2.10. The summed E-state index contributed by atoms with van der Waals surface area (Å²) in [5.41, 5.74) is 0. The van der Waals surface area contributed by atoms with E-state index < -0.39 is 8.07 Å². The third kappa shape index (κ3) is 5.76. The topological polar surface area (TPSA) is 20.2 Å². The highest BCUT2D eigenvalue weighted by Gasteiger charge is 2.08. The number of aliphatic hydroxyl groups excluding tert-OH is 1. The summed E-state index contributed by atoms with van der Waals surface area (Å²) in [5, 5.41) is 8.27. The molecule has 0 saturated carbocycles. The van der Waals surface area contributed by atoms with E-state index in [1.807, 2.05) is 6.08 Å². The second kappa shape index (κ2) is 2.92. The minimum Gasteiger partial charge on any atom is -0.516 e. The SMILES string of the molecule is C[Si](C)(C)C/C=C\O. The van der Waals surface area contributed by atoms with Crippen molar-refractivity contribution < 1.29 is 5.11 Å². The second-order valence-electron chi connectivity index (χ2n) is 3.15. The molecule has 0 saturated heterocycles. The van der Waals surface area contributed by atoms with Crippen molar-refractivity contribution in [2.75, 3.05) is 0 Å². The van der Waals surface area contributed by atoms with E-state index in [4.69, 9.17) is 5.11 Å². The third-order valence-corrected chi connectivity index (χ3v) is 2.30. The van der Waals surface area contributed by atoms with Crippen LogP contribution in [0, 0.1) is 0 Å². The molecule has 0 rings (SSSR count). The summed E-state index contributed by atoms with van der Waals surface area (Å²) in [5.74, 6) is 0. The number of hydrogen-bond donors (Lipinski definition) is 1. The van der Waals surface area contributed by atoms with Crippen LogP contribution in [-0.2, 0) is 0 Å². The molecule has 8 heavy (non-hydrogen) atoms. The Labute approximate surface area is 52.0 Å². The molecule has 0 amide bonds. The van der Waals surface area contributed by atoms with E-state index in [0.29, 0.717) is 0 Å². The molecule has 0 radical (unpaired) electrons. The van der Waals surface area contributed by atoms with Crippen molar-refractivity contribution in [2.24, 2.45) is 0 Å². The summed E-state index contributed by atoms with van der Waals surface area (Å²) in [6, 6.07) is 1.07. The van der Waals surface area contributed by atoms with Crippen LogP contribution in [0.15, 0.2) is 12.3 Å². The van der Waals surface area contributed by atoms with Gasteiger partial charge in [0.25, 0.3) is 0 Å². The molecule has 1 nitrogen and oxygen atoms in total. The maximum absolute atomic E-state index is 8.27. The molecule has 0 aromatic rings. The van der Waals surface area contributed by atoms with E-state index in [2.05, 4.69) is 19.6 Å². The highest BCUT2D eigenvalue weighted by Crippen LogP contribution is 2.07. The van der Waals surface area contributed by atoms with E-state index >= 15 is 0 Å². The van der Waals surface area contributed by atoms with E-state index in [1.165, 1.54) is 0 Å². The zero-order valence-corrected chi connectivity index (χ0v) is 6.81. The van der Waals surface area contributed by atoms with Crippen LogP contribution in [0.25, 0.3) is 0 Å². The monoisotopic (exact) mass is 130 g/mol. The highest BCUT2D eigenvalue weighted by atomic mass is 28.3. The summed E-state index contributed by atoms with van der Waals surface area (Å²) in [6.07, 6.45) is 2.96.